The number of nitrogens with one attached hydrogen (secondary N) is 1. The highest BCUT2D eigenvalue weighted by molar-refractivity contribution is 5.95. The number of hydrogen-bond acceptors (Lipinski definition) is 4. The molecule has 0 bridgehead atoms. The van der Waals surface area contributed by atoms with Crippen molar-refractivity contribution < 1.29 is 9.90 Å². The molecule has 88 valence electrons. The molecule has 0 saturated carbocycles. The largest absolute Gasteiger partial charge is 0.389 e. The number of nitrogens with zero attached hydrogens (tertiary/aromatic N) is 2. The molecule has 0 aromatic carbocycles. The van der Waals surface area contributed by atoms with E-state index in [1.165, 1.54) is 12.4 Å². The van der Waals surface area contributed by atoms with Gasteiger partial charge in [-0.05, 0) is 27.7 Å². The Morgan fingerprint density at radius 1 is 1.38 bits per heavy atom. The van der Waals surface area contributed by atoms with Crippen molar-refractivity contribution in [1.29, 1.82) is 0 Å². The normalized spacial score (nSPS) is 13.3. The average Bonchev–Trinajstić information content (AvgIpc) is 2.15. The predicted molar refractivity (Wildman–Crippen MR) is 59.9 cm³/mol. The summed E-state index contributed by atoms with van der Waals surface area (Å²) in [6.07, 6.45) is 2.03. The molecule has 1 unspecified atom stereocenters. The Kier molecular flexibility index (Phi) is 3.59. The molecule has 1 rings (SSSR count). The summed E-state index contributed by atoms with van der Waals surface area (Å²) >= 11 is 0. The first kappa shape index (κ1) is 12.6. The fourth-order valence-corrected chi connectivity index (χ4v) is 1.26. The smallest absolute Gasteiger partial charge is 0.253 e. The molecule has 0 aliphatic carbocycles. The second-order valence-electron chi connectivity index (χ2n) is 4.74. The topological polar surface area (TPSA) is 75.1 Å². The van der Waals surface area contributed by atoms with Crippen molar-refractivity contribution in [2.24, 2.45) is 0 Å². The number of aliphatic hydroxyl groups is 1. The van der Waals surface area contributed by atoms with Crippen LogP contribution >= 0.6 is 0 Å². The van der Waals surface area contributed by atoms with Gasteiger partial charge in [0, 0.05) is 11.1 Å². The number of carbonyl (C=O) groups is 1. The van der Waals surface area contributed by atoms with Crippen LogP contribution in [0.4, 0.5) is 0 Å². The number of carbonyl (C=O) groups excluding carboxylic acids is 1. The monoisotopic (exact) mass is 223 g/mol. The molecule has 0 spiro atoms. The zero-order valence-electron chi connectivity index (χ0n) is 9.98. The second kappa shape index (κ2) is 4.57. The quantitative estimate of drug-likeness (QED) is 0.786. The van der Waals surface area contributed by atoms with Crippen LogP contribution in [0.2, 0.25) is 0 Å². The first-order chi connectivity index (χ1) is 7.31. The van der Waals surface area contributed by atoms with Crippen LogP contribution in [0.15, 0.2) is 12.4 Å². The highest BCUT2D eigenvalue weighted by atomic mass is 16.3. The molecular weight excluding hydrogens is 206 g/mol. The molecule has 1 aromatic rings. The lowest BCUT2D eigenvalue weighted by molar-refractivity contribution is 0.0912. The molecule has 5 heteroatoms. The minimum absolute atomic E-state index is 0.252. The van der Waals surface area contributed by atoms with E-state index in [-0.39, 0.29) is 11.4 Å². The van der Waals surface area contributed by atoms with E-state index >= 15 is 0 Å². The maximum Gasteiger partial charge on any atom is 0.253 e. The molecule has 0 radical (unpaired) electrons. The zero-order valence-corrected chi connectivity index (χ0v) is 9.98. The van der Waals surface area contributed by atoms with Crippen LogP contribution < -0.4 is 5.32 Å². The van der Waals surface area contributed by atoms with Gasteiger partial charge in [0.05, 0.1) is 24.1 Å². The van der Waals surface area contributed by atoms with Crippen LogP contribution in [0.25, 0.3) is 0 Å². The molecule has 0 fully saturated rings. The van der Waals surface area contributed by atoms with E-state index in [0.717, 1.165) is 0 Å². The zero-order chi connectivity index (χ0) is 12.3. The van der Waals surface area contributed by atoms with Crippen LogP contribution in [0.3, 0.4) is 0 Å². The van der Waals surface area contributed by atoms with E-state index in [0.29, 0.717) is 11.1 Å². The third kappa shape index (κ3) is 3.27. The van der Waals surface area contributed by atoms with Gasteiger partial charge in [0.25, 0.3) is 5.91 Å². The Labute approximate surface area is 94.9 Å². The van der Waals surface area contributed by atoms with Crippen molar-refractivity contribution in [3.8, 4) is 0 Å². The van der Waals surface area contributed by atoms with Crippen LogP contribution in [0.5, 0.6) is 0 Å². The number of amides is 1. The number of aliphatic hydroxyl groups excluding tert-OH is 1. The summed E-state index contributed by atoms with van der Waals surface area (Å²) in [6.45, 7) is 7.26. The minimum Gasteiger partial charge on any atom is -0.389 e. The molecule has 0 aliphatic heterocycles. The first-order valence-electron chi connectivity index (χ1n) is 5.12. The molecule has 0 aliphatic rings. The van der Waals surface area contributed by atoms with Crippen LogP contribution in [-0.4, -0.2) is 26.7 Å². The molecular formula is C11H17N3O2. The van der Waals surface area contributed by atoms with Gasteiger partial charge < -0.3 is 10.4 Å². The lowest BCUT2D eigenvalue weighted by Crippen LogP contribution is -2.41. The Morgan fingerprint density at radius 3 is 2.44 bits per heavy atom. The molecule has 1 atom stereocenters. The average molecular weight is 223 g/mol. The van der Waals surface area contributed by atoms with Gasteiger partial charge in [0.15, 0.2) is 0 Å². The van der Waals surface area contributed by atoms with Crippen molar-refractivity contribution in [3.05, 3.63) is 23.5 Å². The summed E-state index contributed by atoms with van der Waals surface area (Å²) < 4.78 is 0. The highest BCUT2D eigenvalue weighted by Gasteiger charge is 2.19. The van der Waals surface area contributed by atoms with Gasteiger partial charge in [0.2, 0.25) is 0 Å². The van der Waals surface area contributed by atoms with Gasteiger partial charge in [-0.2, -0.15) is 10.2 Å². The Morgan fingerprint density at radius 2 is 1.94 bits per heavy atom. The summed E-state index contributed by atoms with van der Waals surface area (Å²) in [6, 6.07) is 0. The molecule has 5 nitrogen and oxygen atoms in total. The maximum absolute atomic E-state index is 11.9. The third-order valence-electron chi connectivity index (χ3n) is 1.94. The maximum atomic E-state index is 11.9. The molecule has 0 saturated heterocycles. The predicted octanol–water partition coefficient (Wildman–Crippen LogP) is 1.06. The Balaban J connectivity index is 3.00. The SMILES string of the molecule is CC(O)c1cnncc1C(=O)NC(C)(C)C. The standard InChI is InChI=1S/C11H17N3O2/c1-7(15)8-5-12-13-6-9(8)10(16)14-11(2,3)4/h5-7,15H,1-4H3,(H,14,16). The van der Waals surface area contributed by atoms with E-state index in [2.05, 4.69) is 15.5 Å². The Hall–Kier alpha value is -1.49. The third-order valence-corrected chi connectivity index (χ3v) is 1.94. The van der Waals surface area contributed by atoms with Crippen molar-refractivity contribution in [2.45, 2.75) is 39.3 Å². The number of hydrogen-bond donors (Lipinski definition) is 2. The fourth-order valence-electron chi connectivity index (χ4n) is 1.26. The van der Waals surface area contributed by atoms with Gasteiger partial charge in [0.1, 0.15) is 0 Å². The summed E-state index contributed by atoms with van der Waals surface area (Å²) in [7, 11) is 0. The van der Waals surface area contributed by atoms with Crippen molar-refractivity contribution >= 4 is 5.91 Å². The lowest BCUT2D eigenvalue weighted by atomic mass is 10.0. The van der Waals surface area contributed by atoms with E-state index < -0.39 is 6.10 Å². The van der Waals surface area contributed by atoms with Gasteiger partial charge in [-0.15, -0.1) is 0 Å². The van der Waals surface area contributed by atoms with E-state index in [1.807, 2.05) is 20.8 Å². The highest BCUT2D eigenvalue weighted by Crippen LogP contribution is 2.16. The van der Waals surface area contributed by atoms with Gasteiger partial charge in [-0.3, -0.25) is 4.79 Å². The Bertz CT molecular complexity index is 383. The fraction of sp³-hybridized carbons (Fsp3) is 0.545. The minimum atomic E-state index is -0.740. The summed E-state index contributed by atoms with van der Waals surface area (Å²) in [4.78, 5) is 11.9. The van der Waals surface area contributed by atoms with Crippen LogP contribution in [0, 0.1) is 0 Å². The first-order valence-corrected chi connectivity index (χ1v) is 5.12. The molecule has 1 heterocycles. The van der Waals surface area contributed by atoms with Crippen LogP contribution in [0.1, 0.15) is 49.7 Å². The second-order valence-corrected chi connectivity index (χ2v) is 4.74. The van der Waals surface area contributed by atoms with Crippen molar-refractivity contribution in [2.75, 3.05) is 0 Å². The van der Waals surface area contributed by atoms with E-state index in [9.17, 15) is 9.90 Å². The van der Waals surface area contributed by atoms with Gasteiger partial charge >= 0.3 is 0 Å². The number of rotatable bonds is 2. The van der Waals surface area contributed by atoms with Gasteiger partial charge in [-0.1, -0.05) is 0 Å². The molecule has 2 N–H and O–H groups in total. The molecule has 16 heavy (non-hydrogen) atoms. The summed E-state index contributed by atoms with van der Waals surface area (Å²) in [5, 5.41) is 19.6. The van der Waals surface area contributed by atoms with Crippen molar-refractivity contribution in [3.63, 3.8) is 0 Å². The van der Waals surface area contributed by atoms with Crippen LogP contribution in [-0.2, 0) is 0 Å². The van der Waals surface area contributed by atoms with Gasteiger partial charge in [-0.25, -0.2) is 0 Å². The van der Waals surface area contributed by atoms with Crippen molar-refractivity contribution in [1.82, 2.24) is 15.5 Å². The lowest BCUT2D eigenvalue weighted by Gasteiger charge is -2.21. The van der Waals surface area contributed by atoms with E-state index in [1.54, 1.807) is 6.92 Å². The number of aromatic nitrogens is 2. The van der Waals surface area contributed by atoms with E-state index in [4.69, 9.17) is 0 Å². The molecule has 1 amide bonds. The summed E-state index contributed by atoms with van der Waals surface area (Å²) in [5.41, 5.74) is 0.521. The molecule has 1 aromatic heterocycles. The summed E-state index contributed by atoms with van der Waals surface area (Å²) in [5.74, 6) is -0.252.